The quantitative estimate of drug-likeness (QED) is 0.917. The molecule has 2 atom stereocenters. The van der Waals surface area contributed by atoms with Gasteiger partial charge >= 0.3 is 0 Å². The summed E-state index contributed by atoms with van der Waals surface area (Å²) < 4.78 is 0. The lowest BCUT2D eigenvalue weighted by atomic mass is 9.84. The number of nitrogens with two attached hydrogens (primary N) is 1. The summed E-state index contributed by atoms with van der Waals surface area (Å²) in [6.45, 7) is 0.760. The van der Waals surface area contributed by atoms with Gasteiger partial charge in [0, 0.05) is 24.5 Å². The molecule has 2 N–H and O–H groups in total. The molecule has 2 aliphatic carbocycles. The number of carbonyl (C=O) groups excluding carboxylic acids is 1. The van der Waals surface area contributed by atoms with Crippen molar-refractivity contribution >= 4 is 5.91 Å². The average Bonchev–Trinajstić information content (AvgIpc) is 2.61. The Morgan fingerprint density at radius 3 is 2.43 bits per heavy atom. The van der Waals surface area contributed by atoms with Gasteiger partial charge in [-0.2, -0.15) is 0 Å². The van der Waals surface area contributed by atoms with Gasteiger partial charge in [0.05, 0.1) is 0 Å². The molecule has 0 bridgehead atoms. The van der Waals surface area contributed by atoms with Crippen LogP contribution in [-0.2, 0) is 11.3 Å². The smallest absolute Gasteiger partial charge is 0.226 e. The van der Waals surface area contributed by atoms with Crippen LogP contribution in [0.25, 0.3) is 0 Å². The Balaban J connectivity index is 1.74. The summed E-state index contributed by atoms with van der Waals surface area (Å²) >= 11 is 0. The summed E-state index contributed by atoms with van der Waals surface area (Å²) in [5, 5.41) is 0. The molecular formula is C20H30N2O. The van der Waals surface area contributed by atoms with E-state index in [2.05, 4.69) is 29.2 Å². The fraction of sp³-hybridized carbons (Fsp3) is 0.650. The van der Waals surface area contributed by atoms with Crippen molar-refractivity contribution in [1.82, 2.24) is 4.90 Å². The zero-order valence-corrected chi connectivity index (χ0v) is 14.1. The van der Waals surface area contributed by atoms with Crippen molar-refractivity contribution in [2.75, 3.05) is 0 Å². The first-order valence-corrected chi connectivity index (χ1v) is 9.34. The normalized spacial score (nSPS) is 26.0. The molecule has 0 aromatic heterocycles. The van der Waals surface area contributed by atoms with Crippen molar-refractivity contribution < 1.29 is 4.79 Å². The Labute approximate surface area is 140 Å². The highest BCUT2D eigenvalue weighted by atomic mass is 16.2. The second-order valence-corrected chi connectivity index (χ2v) is 7.37. The molecular weight excluding hydrogens is 284 g/mol. The van der Waals surface area contributed by atoms with E-state index in [-0.39, 0.29) is 12.0 Å². The third-order valence-corrected chi connectivity index (χ3v) is 5.56. The molecule has 0 aliphatic heterocycles. The Morgan fingerprint density at radius 1 is 1.00 bits per heavy atom. The van der Waals surface area contributed by atoms with Gasteiger partial charge in [0.15, 0.2) is 0 Å². The zero-order valence-electron chi connectivity index (χ0n) is 14.1. The predicted molar refractivity (Wildman–Crippen MR) is 93.8 cm³/mol. The molecule has 2 saturated carbocycles. The number of hydrogen-bond acceptors (Lipinski definition) is 2. The first-order chi connectivity index (χ1) is 11.2. The third kappa shape index (κ3) is 4.35. The van der Waals surface area contributed by atoms with Gasteiger partial charge in [-0.3, -0.25) is 4.79 Å². The fourth-order valence-electron chi connectivity index (χ4n) is 4.25. The van der Waals surface area contributed by atoms with E-state index < -0.39 is 0 Å². The molecule has 3 rings (SSSR count). The maximum Gasteiger partial charge on any atom is 0.226 e. The Hall–Kier alpha value is -1.35. The highest BCUT2D eigenvalue weighted by Gasteiger charge is 2.33. The Morgan fingerprint density at radius 2 is 1.74 bits per heavy atom. The van der Waals surface area contributed by atoms with E-state index in [4.69, 9.17) is 5.73 Å². The van der Waals surface area contributed by atoms with E-state index in [9.17, 15) is 4.79 Å². The minimum Gasteiger partial charge on any atom is -0.335 e. The maximum absolute atomic E-state index is 13.2. The second kappa shape index (κ2) is 7.96. The molecule has 1 amide bonds. The zero-order chi connectivity index (χ0) is 16.1. The molecule has 0 heterocycles. The average molecular weight is 314 g/mol. The molecule has 0 saturated heterocycles. The van der Waals surface area contributed by atoms with Gasteiger partial charge in [0.25, 0.3) is 0 Å². The van der Waals surface area contributed by atoms with E-state index in [1.165, 1.54) is 24.8 Å². The van der Waals surface area contributed by atoms with Crippen LogP contribution in [0.4, 0.5) is 0 Å². The van der Waals surface area contributed by atoms with Crippen LogP contribution >= 0.6 is 0 Å². The van der Waals surface area contributed by atoms with Gasteiger partial charge in [0.1, 0.15) is 0 Å². The molecule has 2 unspecified atom stereocenters. The van der Waals surface area contributed by atoms with Crippen LogP contribution in [0.2, 0.25) is 0 Å². The largest absolute Gasteiger partial charge is 0.335 e. The van der Waals surface area contributed by atoms with Crippen molar-refractivity contribution in [3.05, 3.63) is 35.9 Å². The molecule has 2 fully saturated rings. The van der Waals surface area contributed by atoms with Gasteiger partial charge in [-0.25, -0.2) is 0 Å². The standard InChI is InChI=1S/C20H30N2O/c21-18-11-7-10-17(14-18)20(23)22(19-12-5-2-6-13-19)15-16-8-3-1-4-9-16/h1,3-4,8-9,17-19H,2,5-7,10-15,21H2. The number of hydrogen-bond donors (Lipinski definition) is 1. The van der Waals surface area contributed by atoms with Crippen molar-refractivity contribution in [3.8, 4) is 0 Å². The van der Waals surface area contributed by atoms with E-state index in [0.717, 1.165) is 45.1 Å². The fourth-order valence-corrected chi connectivity index (χ4v) is 4.25. The van der Waals surface area contributed by atoms with E-state index in [0.29, 0.717) is 11.9 Å². The lowest BCUT2D eigenvalue weighted by Crippen LogP contribution is -2.46. The maximum atomic E-state index is 13.2. The number of nitrogens with zero attached hydrogens (tertiary/aromatic N) is 1. The molecule has 0 spiro atoms. The SMILES string of the molecule is NC1CCCC(C(=O)N(Cc2ccccc2)C2CCCCC2)C1. The van der Waals surface area contributed by atoms with Gasteiger partial charge in [0.2, 0.25) is 5.91 Å². The Kier molecular flexibility index (Phi) is 5.71. The summed E-state index contributed by atoms with van der Waals surface area (Å²) in [5.41, 5.74) is 7.37. The Bertz CT molecular complexity index is 496. The highest BCUT2D eigenvalue weighted by molar-refractivity contribution is 5.79. The van der Waals surface area contributed by atoms with Crippen molar-refractivity contribution in [3.63, 3.8) is 0 Å². The lowest BCUT2D eigenvalue weighted by Gasteiger charge is -2.38. The van der Waals surface area contributed by atoms with Crippen LogP contribution in [0.3, 0.4) is 0 Å². The van der Waals surface area contributed by atoms with E-state index >= 15 is 0 Å². The van der Waals surface area contributed by atoms with Crippen LogP contribution in [-0.4, -0.2) is 22.9 Å². The summed E-state index contributed by atoms with van der Waals surface area (Å²) in [7, 11) is 0. The second-order valence-electron chi connectivity index (χ2n) is 7.37. The van der Waals surface area contributed by atoms with Crippen LogP contribution in [0.5, 0.6) is 0 Å². The van der Waals surface area contributed by atoms with E-state index in [1.807, 2.05) is 6.07 Å². The van der Waals surface area contributed by atoms with Crippen molar-refractivity contribution in [1.29, 1.82) is 0 Å². The highest BCUT2D eigenvalue weighted by Crippen LogP contribution is 2.30. The summed E-state index contributed by atoms with van der Waals surface area (Å²) in [6.07, 6.45) is 10.2. The predicted octanol–water partition coefficient (Wildman–Crippen LogP) is 3.87. The molecule has 1 aromatic carbocycles. The molecule has 126 valence electrons. The van der Waals surface area contributed by atoms with Crippen LogP contribution in [0.15, 0.2) is 30.3 Å². The number of rotatable bonds is 4. The lowest BCUT2D eigenvalue weighted by molar-refractivity contribution is -0.140. The molecule has 2 aliphatic rings. The monoisotopic (exact) mass is 314 g/mol. The number of carbonyl (C=O) groups is 1. The minimum absolute atomic E-state index is 0.143. The van der Waals surface area contributed by atoms with Crippen molar-refractivity contribution in [2.45, 2.75) is 76.4 Å². The van der Waals surface area contributed by atoms with Crippen LogP contribution < -0.4 is 5.73 Å². The summed E-state index contributed by atoms with van der Waals surface area (Å²) in [4.78, 5) is 15.4. The topological polar surface area (TPSA) is 46.3 Å². The number of benzene rings is 1. The molecule has 0 radical (unpaired) electrons. The first-order valence-electron chi connectivity index (χ1n) is 9.34. The van der Waals surface area contributed by atoms with Crippen molar-refractivity contribution in [2.24, 2.45) is 11.7 Å². The molecule has 1 aromatic rings. The van der Waals surface area contributed by atoms with Crippen LogP contribution in [0.1, 0.15) is 63.4 Å². The molecule has 3 nitrogen and oxygen atoms in total. The summed E-state index contributed by atoms with van der Waals surface area (Å²) in [5.74, 6) is 0.500. The van der Waals surface area contributed by atoms with Gasteiger partial charge in [-0.1, -0.05) is 56.0 Å². The summed E-state index contributed by atoms with van der Waals surface area (Å²) in [6, 6.07) is 11.1. The van der Waals surface area contributed by atoms with Gasteiger partial charge in [-0.15, -0.1) is 0 Å². The first kappa shape index (κ1) is 16.5. The molecule has 23 heavy (non-hydrogen) atoms. The van der Waals surface area contributed by atoms with E-state index in [1.54, 1.807) is 0 Å². The molecule has 3 heteroatoms. The van der Waals surface area contributed by atoms with Gasteiger partial charge < -0.3 is 10.6 Å². The number of amides is 1. The third-order valence-electron chi connectivity index (χ3n) is 5.56. The van der Waals surface area contributed by atoms with Crippen LogP contribution in [0, 0.1) is 5.92 Å². The minimum atomic E-state index is 0.143. The van der Waals surface area contributed by atoms with Gasteiger partial charge in [-0.05, 0) is 37.7 Å².